The molecule has 2 aromatic rings. The Labute approximate surface area is 169 Å². The van der Waals surface area contributed by atoms with Crippen LogP contribution < -0.4 is 5.32 Å². The average molecular weight is 420 g/mol. The van der Waals surface area contributed by atoms with Crippen molar-refractivity contribution in [3.05, 3.63) is 41.3 Å². The van der Waals surface area contributed by atoms with Crippen molar-refractivity contribution < 1.29 is 22.5 Å². The number of anilines is 1. The van der Waals surface area contributed by atoms with Crippen molar-refractivity contribution in [3.8, 4) is 0 Å². The van der Waals surface area contributed by atoms with Crippen LogP contribution in [-0.2, 0) is 14.8 Å². The molecule has 0 saturated carbocycles. The first-order chi connectivity index (χ1) is 13.6. The molecule has 0 aliphatic carbocycles. The van der Waals surface area contributed by atoms with E-state index in [4.69, 9.17) is 4.52 Å². The van der Waals surface area contributed by atoms with Gasteiger partial charge in [-0.3, -0.25) is 9.59 Å². The van der Waals surface area contributed by atoms with E-state index in [-0.39, 0.29) is 28.8 Å². The first-order valence-corrected chi connectivity index (χ1v) is 10.6. The van der Waals surface area contributed by atoms with Gasteiger partial charge in [0, 0.05) is 31.9 Å². The normalized spacial score (nSPS) is 17.3. The number of nitrogens with zero attached hydrogens (tertiary/aromatic N) is 3. The van der Waals surface area contributed by atoms with Crippen LogP contribution in [-0.4, -0.2) is 61.3 Å². The van der Waals surface area contributed by atoms with Gasteiger partial charge in [-0.1, -0.05) is 5.16 Å². The molecule has 1 aliphatic rings. The molecule has 1 N–H and O–H groups in total. The molecule has 1 atom stereocenters. The van der Waals surface area contributed by atoms with Gasteiger partial charge in [0.1, 0.15) is 16.6 Å². The summed E-state index contributed by atoms with van der Waals surface area (Å²) in [6.45, 7) is 3.35. The van der Waals surface area contributed by atoms with Gasteiger partial charge in [0.2, 0.25) is 15.9 Å². The summed E-state index contributed by atoms with van der Waals surface area (Å²) in [4.78, 5) is 26.2. The molecule has 0 spiro atoms. The summed E-state index contributed by atoms with van der Waals surface area (Å²) in [5, 5.41) is 6.46. The molecular formula is C19H24N4O5S. The van der Waals surface area contributed by atoms with Crippen molar-refractivity contribution in [2.45, 2.75) is 37.6 Å². The molecule has 1 aliphatic heterocycles. The molecule has 0 radical (unpaired) electrons. The van der Waals surface area contributed by atoms with Gasteiger partial charge >= 0.3 is 0 Å². The van der Waals surface area contributed by atoms with E-state index in [1.807, 2.05) is 0 Å². The van der Waals surface area contributed by atoms with E-state index in [1.54, 1.807) is 45.3 Å². The zero-order valence-electron chi connectivity index (χ0n) is 16.8. The number of amides is 2. The van der Waals surface area contributed by atoms with E-state index in [2.05, 4.69) is 10.5 Å². The minimum Gasteiger partial charge on any atom is -0.360 e. The second-order valence-electron chi connectivity index (χ2n) is 7.19. The van der Waals surface area contributed by atoms with Crippen molar-refractivity contribution in [2.75, 3.05) is 26.0 Å². The Kier molecular flexibility index (Phi) is 5.76. The highest BCUT2D eigenvalue weighted by Crippen LogP contribution is 2.30. The zero-order chi connectivity index (χ0) is 21.3. The van der Waals surface area contributed by atoms with Crippen molar-refractivity contribution >= 4 is 27.5 Å². The van der Waals surface area contributed by atoms with E-state index in [0.29, 0.717) is 24.1 Å². The van der Waals surface area contributed by atoms with Crippen LogP contribution in [0.5, 0.6) is 0 Å². The highest BCUT2D eigenvalue weighted by molar-refractivity contribution is 7.89. The van der Waals surface area contributed by atoms with E-state index in [0.717, 1.165) is 0 Å². The number of sulfonamides is 1. The van der Waals surface area contributed by atoms with Gasteiger partial charge in [-0.2, -0.15) is 4.31 Å². The van der Waals surface area contributed by atoms with Crippen molar-refractivity contribution in [1.82, 2.24) is 14.4 Å². The van der Waals surface area contributed by atoms with E-state index >= 15 is 0 Å². The maximum Gasteiger partial charge on any atom is 0.253 e. The van der Waals surface area contributed by atoms with Crippen LogP contribution in [0.1, 0.15) is 34.7 Å². The Morgan fingerprint density at radius 1 is 1.21 bits per heavy atom. The Bertz CT molecular complexity index is 1010. The number of nitrogens with one attached hydrogen (secondary N) is 1. The van der Waals surface area contributed by atoms with E-state index in [1.165, 1.54) is 16.1 Å². The molecule has 1 aromatic heterocycles. The van der Waals surface area contributed by atoms with Crippen LogP contribution in [0.2, 0.25) is 0 Å². The summed E-state index contributed by atoms with van der Waals surface area (Å²) in [6.07, 6.45) is 1.00. The molecule has 29 heavy (non-hydrogen) atoms. The lowest BCUT2D eigenvalue weighted by Crippen LogP contribution is -2.43. The molecule has 1 unspecified atom stereocenters. The van der Waals surface area contributed by atoms with Gasteiger partial charge in [-0.05, 0) is 51.0 Å². The maximum absolute atomic E-state index is 13.1. The lowest BCUT2D eigenvalue weighted by Gasteiger charge is -2.23. The van der Waals surface area contributed by atoms with Crippen LogP contribution >= 0.6 is 0 Å². The van der Waals surface area contributed by atoms with Gasteiger partial charge in [0.15, 0.2) is 5.76 Å². The third-order valence-corrected chi connectivity index (χ3v) is 7.00. The third kappa shape index (κ3) is 4.03. The predicted octanol–water partition coefficient (Wildman–Crippen LogP) is 1.79. The van der Waals surface area contributed by atoms with Gasteiger partial charge in [-0.25, -0.2) is 8.42 Å². The lowest BCUT2D eigenvalue weighted by atomic mass is 10.1. The zero-order valence-corrected chi connectivity index (χ0v) is 17.6. The number of carbonyl (C=O) groups excluding carboxylic acids is 2. The number of benzene rings is 1. The molecule has 3 rings (SSSR count). The third-order valence-electron chi connectivity index (χ3n) is 4.85. The first-order valence-electron chi connectivity index (χ1n) is 9.20. The van der Waals surface area contributed by atoms with E-state index in [9.17, 15) is 18.0 Å². The Balaban J connectivity index is 1.78. The largest absolute Gasteiger partial charge is 0.360 e. The van der Waals surface area contributed by atoms with Crippen molar-refractivity contribution in [2.24, 2.45) is 0 Å². The second kappa shape index (κ2) is 7.96. The van der Waals surface area contributed by atoms with Crippen molar-refractivity contribution in [1.29, 1.82) is 0 Å². The summed E-state index contributed by atoms with van der Waals surface area (Å²) in [5.74, 6) is -0.352. The SMILES string of the molecule is Cc1noc(C)c1S(=O)(=O)N1CCCC1C(=O)Nc1ccc(C(=O)N(C)C)cc1. The van der Waals surface area contributed by atoms with Gasteiger partial charge in [0.25, 0.3) is 5.91 Å². The van der Waals surface area contributed by atoms with Crippen LogP contribution in [0.15, 0.2) is 33.7 Å². The average Bonchev–Trinajstić information content (AvgIpc) is 3.29. The Morgan fingerprint density at radius 3 is 2.41 bits per heavy atom. The number of aromatic nitrogens is 1. The first kappa shape index (κ1) is 21.0. The number of aryl methyl sites for hydroxylation is 2. The fourth-order valence-electron chi connectivity index (χ4n) is 3.43. The number of hydrogen-bond donors (Lipinski definition) is 1. The highest BCUT2D eigenvalue weighted by atomic mass is 32.2. The van der Waals surface area contributed by atoms with Crippen LogP contribution in [0.25, 0.3) is 0 Å². The minimum absolute atomic E-state index is 0.0174. The molecule has 2 heterocycles. The standard InChI is InChI=1S/C19H24N4O5S/c1-12-17(13(2)28-21-12)29(26,27)23-11-5-6-16(23)18(24)20-15-9-7-14(8-10-15)19(25)22(3)4/h7-10,16H,5-6,11H2,1-4H3,(H,20,24). The highest BCUT2D eigenvalue weighted by Gasteiger charge is 2.41. The molecule has 9 nitrogen and oxygen atoms in total. The van der Waals surface area contributed by atoms with Gasteiger partial charge in [-0.15, -0.1) is 0 Å². The minimum atomic E-state index is -3.90. The van der Waals surface area contributed by atoms with Gasteiger partial charge in [0.05, 0.1) is 0 Å². The molecule has 1 fully saturated rings. The maximum atomic E-state index is 13.1. The Morgan fingerprint density at radius 2 is 1.86 bits per heavy atom. The summed E-state index contributed by atoms with van der Waals surface area (Å²) in [6, 6.07) is 5.65. The van der Waals surface area contributed by atoms with Gasteiger partial charge < -0.3 is 14.7 Å². The summed E-state index contributed by atoms with van der Waals surface area (Å²) < 4.78 is 32.4. The molecule has 156 valence electrons. The topological polar surface area (TPSA) is 113 Å². The van der Waals surface area contributed by atoms with Crippen molar-refractivity contribution in [3.63, 3.8) is 0 Å². The molecule has 2 amide bonds. The smallest absolute Gasteiger partial charge is 0.253 e. The Hall–Kier alpha value is -2.72. The lowest BCUT2D eigenvalue weighted by molar-refractivity contribution is -0.119. The summed E-state index contributed by atoms with van der Waals surface area (Å²) in [5.41, 5.74) is 1.26. The monoisotopic (exact) mass is 420 g/mol. The molecule has 1 saturated heterocycles. The summed E-state index contributed by atoms with van der Waals surface area (Å²) in [7, 11) is -0.587. The summed E-state index contributed by atoms with van der Waals surface area (Å²) >= 11 is 0. The van der Waals surface area contributed by atoms with E-state index < -0.39 is 22.0 Å². The second-order valence-corrected chi connectivity index (χ2v) is 9.02. The molecular weight excluding hydrogens is 396 g/mol. The number of carbonyl (C=O) groups is 2. The number of hydrogen-bond acceptors (Lipinski definition) is 6. The number of rotatable bonds is 5. The fourth-order valence-corrected chi connectivity index (χ4v) is 5.38. The molecule has 1 aromatic carbocycles. The quantitative estimate of drug-likeness (QED) is 0.789. The predicted molar refractivity (Wildman–Crippen MR) is 106 cm³/mol. The molecule has 10 heteroatoms. The van der Waals surface area contributed by atoms with Crippen LogP contribution in [0.4, 0.5) is 5.69 Å². The fraction of sp³-hybridized carbons (Fsp3) is 0.421. The van der Waals surface area contributed by atoms with Crippen LogP contribution in [0, 0.1) is 13.8 Å². The molecule has 0 bridgehead atoms. The van der Waals surface area contributed by atoms with Crippen LogP contribution in [0.3, 0.4) is 0 Å².